The van der Waals surface area contributed by atoms with Crippen molar-refractivity contribution in [2.45, 2.75) is 26.9 Å². The Hall–Kier alpha value is -1.88. The Morgan fingerprint density at radius 3 is 2.79 bits per heavy atom. The van der Waals surface area contributed by atoms with E-state index in [2.05, 4.69) is 53.3 Å². The smallest absolute Gasteiger partial charge is 0.102 e. The van der Waals surface area contributed by atoms with Crippen molar-refractivity contribution in [3.05, 3.63) is 41.7 Å². The number of hydrogen-bond acceptors (Lipinski definition) is 4. The third-order valence-corrected chi connectivity index (χ3v) is 3.14. The molecule has 0 saturated carbocycles. The molecule has 0 spiro atoms. The predicted molar refractivity (Wildman–Crippen MR) is 77.0 cm³/mol. The van der Waals surface area contributed by atoms with E-state index in [9.17, 15) is 0 Å². The molecule has 0 fully saturated rings. The Morgan fingerprint density at radius 2 is 2.11 bits per heavy atom. The number of aryl methyl sites for hydroxylation is 1. The fourth-order valence-corrected chi connectivity index (χ4v) is 2.13. The number of anilines is 1. The first-order chi connectivity index (χ1) is 9.24. The van der Waals surface area contributed by atoms with E-state index < -0.39 is 0 Å². The van der Waals surface area contributed by atoms with Gasteiger partial charge in [-0.1, -0.05) is 23.4 Å². The maximum absolute atomic E-state index is 5.51. The van der Waals surface area contributed by atoms with E-state index in [4.69, 9.17) is 5.73 Å². The normalized spacial score (nSPS) is 10.7. The average molecular weight is 259 g/mol. The molecule has 0 aliphatic rings. The van der Waals surface area contributed by atoms with E-state index in [1.165, 1.54) is 11.3 Å². The molecule has 0 aliphatic heterocycles. The molecular formula is C14H21N5. The second kappa shape index (κ2) is 6.33. The van der Waals surface area contributed by atoms with Gasteiger partial charge in [-0.15, -0.1) is 5.10 Å². The van der Waals surface area contributed by atoms with Crippen LogP contribution in [0.4, 0.5) is 5.69 Å². The lowest BCUT2D eigenvalue weighted by molar-refractivity contribution is 0.598. The van der Waals surface area contributed by atoms with Gasteiger partial charge in [0.2, 0.25) is 0 Å². The Kier molecular flexibility index (Phi) is 4.52. The first-order valence-electron chi connectivity index (χ1n) is 6.64. The minimum absolute atomic E-state index is 0.581. The minimum atomic E-state index is 0.581. The van der Waals surface area contributed by atoms with Crippen LogP contribution in [0.2, 0.25) is 0 Å². The summed E-state index contributed by atoms with van der Waals surface area (Å²) in [6.45, 7) is 7.28. The van der Waals surface area contributed by atoms with Crippen LogP contribution in [0.5, 0.6) is 0 Å². The molecule has 1 heterocycles. The molecule has 5 heteroatoms. The summed E-state index contributed by atoms with van der Waals surface area (Å²) in [4.78, 5) is 2.30. The van der Waals surface area contributed by atoms with Crippen LogP contribution in [0.1, 0.15) is 18.2 Å². The van der Waals surface area contributed by atoms with Gasteiger partial charge in [0.15, 0.2) is 0 Å². The molecule has 2 aromatic rings. The summed E-state index contributed by atoms with van der Waals surface area (Å²) in [6, 6.07) is 8.40. The molecule has 0 saturated heterocycles. The lowest BCUT2D eigenvalue weighted by Crippen LogP contribution is -2.23. The van der Waals surface area contributed by atoms with Gasteiger partial charge >= 0.3 is 0 Å². The quantitative estimate of drug-likeness (QED) is 0.855. The molecule has 0 unspecified atom stereocenters. The van der Waals surface area contributed by atoms with E-state index in [0.29, 0.717) is 13.1 Å². The van der Waals surface area contributed by atoms with Gasteiger partial charge in [0.1, 0.15) is 5.69 Å². The maximum atomic E-state index is 5.51. The molecule has 0 bridgehead atoms. The lowest BCUT2D eigenvalue weighted by atomic mass is 10.2. The van der Waals surface area contributed by atoms with Crippen molar-refractivity contribution in [3.8, 4) is 0 Å². The second-order valence-corrected chi connectivity index (χ2v) is 4.56. The van der Waals surface area contributed by atoms with Crippen LogP contribution in [0, 0.1) is 6.92 Å². The van der Waals surface area contributed by atoms with Gasteiger partial charge in [-0.05, 0) is 25.5 Å². The largest absolute Gasteiger partial charge is 0.366 e. The Morgan fingerprint density at radius 1 is 1.32 bits per heavy atom. The van der Waals surface area contributed by atoms with Gasteiger partial charge in [-0.3, -0.25) is 4.68 Å². The van der Waals surface area contributed by atoms with Gasteiger partial charge < -0.3 is 10.6 Å². The van der Waals surface area contributed by atoms with Gasteiger partial charge in [-0.2, -0.15) is 0 Å². The van der Waals surface area contributed by atoms with Gasteiger partial charge in [-0.25, -0.2) is 0 Å². The highest BCUT2D eigenvalue weighted by molar-refractivity contribution is 5.52. The predicted octanol–water partition coefficient (Wildman–Crippen LogP) is 1.57. The number of benzene rings is 1. The summed E-state index contributed by atoms with van der Waals surface area (Å²) in [5.74, 6) is 0. The third kappa shape index (κ3) is 3.32. The number of nitrogens with zero attached hydrogens (tertiary/aromatic N) is 4. The first-order valence-corrected chi connectivity index (χ1v) is 6.64. The zero-order chi connectivity index (χ0) is 13.7. The van der Waals surface area contributed by atoms with Crippen LogP contribution in [-0.4, -0.2) is 28.1 Å². The van der Waals surface area contributed by atoms with Crippen molar-refractivity contribution in [3.63, 3.8) is 0 Å². The van der Waals surface area contributed by atoms with Crippen LogP contribution >= 0.6 is 0 Å². The van der Waals surface area contributed by atoms with Crippen molar-refractivity contribution in [1.29, 1.82) is 0 Å². The highest BCUT2D eigenvalue weighted by atomic mass is 15.4. The molecule has 0 atom stereocenters. The molecule has 0 aliphatic carbocycles. The summed E-state index contributed by atoms with van der Waals surface area (Å²) in [5, 5.41) is 8.26. The van der Waals surface area contributed by atoms with E-state index >= 15 is 0 Å². The Bertz CT molecular complexity index is 520. The average Bonchev–Trinajstić information content (AvgIpc) is 2.85. The molecule has 19 heavy (non-hydrogen) atoms. The Balaban J connectivity index is 2.12. The summed E-state index contributed by atoms with van der Waals surface area (Å²) >= 11 is 0. The molecule has 0 radical (unpaired) electrons. The van der Waals surface area contributed by atoms with E-state index in [1.54, 1.807) is 4.68 Å². The number of para-hydroxylation sites is 1. The van der Waals surface area contributed by atoms with E-state index in [1.807, 2.05) is 6.20 Å². The SMILES string of the molecule is CCN(Cc1cn(CCN)nn1)c1ccccc1C. The summed E-state index contributed by atoms with van der Waals surface area (Å²) < 4.78 is 1.79. The lowest BCUT2D eigenvalue weighted by Gasteiger charge is -2.23. The molecule has 2 N–H and O–H groups in total. The topological polar surface area (TPSA) is 60.0 Å². The van der Waals surface area contributed by atoms with Crippen molar-refractivity contribution < 1.29 is 0 Å². The van der Waals surface area contributed by atoms with Crippen LogP contribution in [-0.2, 0) is 13.1 Å². The maximum Gasteiger partial charge on any atom is 0.102 e. The van der Waals surface area contributed by atoms with E-state index in [0.717, 1.165) is 18.8 Å². The standard InChI is InChI=1S/C14H21N5/c1-3-18(14-7-5-4-6-12(14)2)10-13-11-19(9-8-15)17-16-13/h4-7,11H,3,8-10,15H2,1-2H3. The summed E-state index contributed by atoms with van der Waals surface area (Å²) in [7, 11) is 0. The van der Waals surface area contributed by atoms with Crippen molar-refractivity contribution in [2.24, 2.45) is 5.73 Å². The minimum Gasteiger partial charge on any atom is -0.366 e. The highest BCUT2D eigenvalue weighted by Crippen LogP contribution is 2.20. The van der Waals surface area contributed by atoms with Crippen LogP contribution in [0.15, 0.2) is 30.5 Å². The Labute approximate surface area is 114 Å². The van der Waals surface area contributed by atoms with Crippen molar-refractivity contribution in [2.75, 3.05) is 18.0 Å². The zero-order valence-electron chi connectivity index (χ0n) is 11.6. The monoisotopic (exact) mass is 259 g/mol. The molecular weight excluding hydrogens is 238 g/mol. The van der Waals surface area contributed by atoms with Crippen LogP contribution in [0.25, 0.3) is 0 Å². The fraction of sp³-hybridized carbons (Fsp3) is 0.429. The molecule has 1 aromatic carbocycles. The first kappa shape index (κ1) is 13.5. The molecule has 5 nitrogen and oxygen atoms in total. The number of hydrogen-bond donors (Lipinski definition) is 1. The second-order valence-electron chi connectivity index (χ2n) is 4.56. The molecule has 102 valence electrons. The van der Waals surface area contributed by atoms with Crippen molar-refractivity contribution >= 4 is 5.69 Å². The fourth-order valence-electron chi connectivity index (χ4n) is 2.13. The molecule has 2 rings (SSSR count). The summed E-state index contributed by atoms with van der Waals surface area (Å²) in [5.41, 5.74) is 9.01. The van der Waals surface area contributed by atoms with Crippen LogP contribution < -0.4 is 10.6 Å². The number of nitrogens with two attached hydrogens (primary N) is 1. The third-order valence-electron chi connectivity index (χ3n) is 3.14. The molecule has 0 amide bonds. The number of rotatable bonds is 6. The van der Waals surface area contributed by atoms with Gasteiger partial charge in [0, 0.05) is 18.8 Å². The molecule has 1 aromatic heterocycles. The number of aromatic nitrogens is 3. The summed E-state index contributed by atoms with van der Waals surface area (Å²) in [6.07, 6.45) is 1.97. The van der Waals surface area contributed by atoms with Crippen LogP contribution in [0.3, 0.4) is 0 Å². The van der Waals surface area contributed by atoms with Gasteiger partial charge in [0.05, 0.1) is 19.3 Å². The van der Waals surface area contributed by atoms with Gasteiger partial charge in [0.25, 0.3) is 0 Å². The highest BCUT2D eigenvalue weighted by Gasteiger charge is 2.10. The van der Waals surface area contributed by atoms with E-state index in [-0.39, 0.29) is 0 Å². The van der Waals surface area contributed by atoms with Crippen molar-refractivity contribution in [1.82, 2.24) is 15.0 Å². The zero-order valence-corrected chi connectivity index (χ0v) is 11.6.